The number of ether oxygens (including phenoxy) is 1. The van der Waals surface area contributed by atoms with Crippen LogP contribution in [0.3, 0.4) is 0 Å². The number of rotatable bonds is 5. The van der Waals surface area contributed by atoms with Crippen molar-refractivity contribution in [2.75, 3.05) is 14.2 Å². The molecule has 3 nitrogen and oxygen atoms in total. The Hall–Kier alpha value is -1.06. The Bertz CT molecular complexity index is 351. The van der Waals surface area contributed by atoms with E-state index in [9.17, 15) is 0 Å². The van der Waals surface area contributed by atoms with Crippen molar-refractivity contribution in [3.8, 4) is 5.75 Å². The van der Waals surface area contributed by atoms with Crippen LogP contribution < -0.4 is 15.8 Å². The van der Waals surface area contributed by atoms with Crippen molar-refractivity contribution in [3.05, 3.63) is 28.8 Å². The van der Waals surface area contributed by atoms with Gasteiger partial charge in [0.2, 0.25) is 0 Å². The Kier molecular flexibility index (Phi) is 4.97. The third kappa shape index (κ3) is 3.45. The van der Waals surface area contributed by atoms with Gasteiger partial charge in [0.15, 0.2) is 0 Å². The Morgan fingerprint density at radius 3 is 2.18 bits per heavy atom. The second kappa shape index (κ2) is 6.03. The fourth-order valence-electron chi connectivity index (χ4n) is 2.30. The van der Waals surface area contributed by atoms with E-state index in [1.165, 1.54) is 16.7 Å². The predicted molar refractivity (Wildman–Crippen MR) is 72.5 cm³/mol. The van der Waals surface area contributed by atoms with Gasteiger partial charge in [-0.1, -0.05) is 12.1 Å². The molecule has 0 saturated carbocycles. The maximum absolute atomic E-state index is 5.87. The summed E-state index contributed by atoms with van der Waals surface area (Å²) >= 11 is 0. The molecule has 0 aliphatic rings. The van der Waals surface area contributed by atoms with Gasteiger partial charge in [-0.15, -0.1) is 0 Å². The Morgan fingerprint density at radius 2 is 1.82 bits per heavy atom. The number of hydrogen-bond donors (Lipinski definition) is 2. The molecule has 3 heteroatoms. The highest BCUT2D eigenvalue weighted by Gasteiger charge is 2.14. The molecule has 0 aliphatic carbocycles. The van der Waals surface area contributed by atoms with Crippen molar-refractivity contribution in [2.24, 2.45) is 5.73 Å². The fraction of sp³-hybridized carbons (Fsp3) is 0.571. The highest BCUT2D eigenvalue weighted by atomic mass is 16.5. The largest absolute Gasteiger partial charge is 0.496 e. The molecule has 0 bridgehead atoms. The molecule has 1 rings (SSSR count). The number of hydrogen-bond acceptors (Lipinski definition) is 3. The van der Waals surface area contributed by atoms with E-state index in [4.69, 9.17) is 10.5 Å². The third-order valence-electron chi connectivity index (χ3n) is 3.05. The summed E-state index contributed by atoms with van der Waals surface area (Å²) in [4.78, 5) is 0. The van der Waals surface area contributed by atoms with E-state index in [-0.39, 0.29) is 6.04 Å². The van der Waals surface area contributed by atoms with E-state index in [2.05, 4.69) is 31.3 Å². The molecule has 0 spiro atoms. The lowest BCUT2D eigenvalue weighted by Gasteiger charge is -2.21. The topological polar surface area (TPSA) is 47.3 Å². The maximum atomic E-state index is 5.87. The highest BCUT2D eigenvalue weighted by molar-refractivity contribution is 5.44. The molecule has 0 saturated heterocycles. The van der Waals surface area contributed by atoms with Gasteiger partial charge in [0.25, 0.3) is 0 Å². The van der Waals surface area contributed by atoms with Gasteiger partial charge < -0.3 is 15.8 Å². The minimum atomic E-state index is 0.190. The van der Waals surface area contributed by atoms with Crippen LogP contribution in [0.25, 0.3) is 0 Å². The van der Waals surface area contributed by atoms with Crippen molar-refractivity contribution >= 4 is 0 Å². The molecule has 0 aliphatic heterocycles. The Balaban J connectivity index is 3.05. The van der Waals surface area contributed by atoms with Crippen LogP contribution in [0.15, 0.2) is 12.1 Å². The second-order valence-corrected chi connectivity index (χ2v) is 4.74. The first-order chi connectivity index (χ1) is 7.99. The number of nitrogens with one attached hydrogen (secondary N) is 1. The minimum absolute atomic E-state index is 0.190. The summed E-state index contributed by atoms with van der Waals surface area (Å²) in [5.74, 6) is 0.976. The Morgan fingerprint density at radius 1 is 1.29 bits per heavy atom. The highest BCUT2D eigenvalue weighted by Crippen LogP contribution is 2.28. The summed E-state index contributed by atoms with van der Waals surface area (Å²) in [5, 5.41) is 3.32. The number of methoxy groups -OCH3 is 1. The third-order valence-corrected chi connectivity index (χ3v) is 3.05. The van der Waals surface area contributed by atoms with E-state index in [1.54, 1.807) is 7.11 Å². The number of nitrogens with two attached hydrogens (primary N) is 1. The summed E-state index contributed by atoms with van der Waals surface area (Å²) in [6.07, 6.45) is 0.932. The van der Waals surface area contributed by atoms with Crippen molar-refractivity contribution < 1.29 is 4.74 Å². The van der Waals surface area contributed by atoms with Crippen LogP contribution in [-0.2, 0) is 0 Å². The Labute approximate surface area is 104 Å². The van der Waals surface area contributed by atoms with Gasteiger partial charge >= 0.3 is 0 Å². The summed E-state index contributed by atoms with van der Waals surface area (Å²) in [5.41, 5.74) is 9.50. The normalized spacial score (nSPS) is 14.5. The molecular formula is C14H24N2O. The van der Waals surface area contributed by atoms with Gasteiger partial charge in [0, 0.05) is 12.1 Å². The van der Waals surface area contributed by atoms with Gasteiger partial charge in [-0.2, -0.15) is 0 Å². The SMILES string of the molecule is CNC(CC(C)N)c1cc(C)c(OC)c(C)c1. The molecule has 2 unspecified atom stereocenters. The molecule has 0 fully saturated rings. The van der Waals surface area contributed by atoms with Gasteiger partial charge in [0.1, 0.15) is 5.75 Å². The lowest BCUT2D eigenvalue weighted by atomic mass is 9.96. The monoisotopic (exact) mass is 236 g/mol. The van der Waals surface area contributed by atoms with Crippen LogP contribution in [0.2, 0.25) is 0 Å². The van der Waals surface area contributed by atoms with Crippen molar-refractivity contribution in [1.82, 2.24) is 5.32 Å². The maximum Gasteiger partial charge on any atom is 0.124 e. The van der Waals surface area contributed by atoms with Gasteiger partial charge in [-0.3, -0.25) is 0 Å². The molecule has 1 aromatic carbocycles. The second-order valence-electron chi connectivity index (χ2n) is 4.74. The van der Waals surface area contributed by atoms with Crippen molar-refractivity contribution in [1.29, 1.82) is 0 Å². The molecule has 17 heavy (non-hydrogen) atoms. The van der Waals surface area contributed by atoms with Crippen LogP contribution in [0.4, 0.5) is 0 Å². The molecule has 0 heterocycles. The summed E-state index contributed by atoms with van der Waals surface area (Å²) in [6, 6.07) is 4.85. The smallest absolute Gasteiger partial charge is 0.124 e. The van der Waals surface area contributed by atoms with Crippen molar-refractivity contribution in [3.63, 3.8) is 0 Å². The van der Waals surface area contributed by atoms with E-state index in [0.717, 1.165) is 12.2 Å². The summed E-state index contributed by atoms with van der Waals surface area (Å²) < 4.78 is 5.38. The van der Waals surface area contributed by atoms with E-state index in [1.807, 2.05) is 14.0 Å². The van der Waals surface area contributed by atoms with Crippen LogP contribution in [0.5, 0.6) is 5.75 Å². The molecule has 0 aromatic heterocycles. The minimum Gasteiger partial charge on any atom is -0.496 e. The van der Waals surface area contributed by atoms with Crippen LogP contribution in [-0.4, -0.2) is 20.2 Å². The molecule has 0 amide bonds. The average molecular weight is 236 g/mol. The lowest BCUT2D eigenvalue weighted by Crippen LogP contribution is -2.25. The zero-order valence-corrected chi connectivity index (χ0v) is 11.5. The van der Waals surface area contributed by atoms with E-state index in [0.29, 0.717) is 6.04 Å². The molecule has 96 valence electrons. The molecule has 3 N–H and O–H groups in total. The predicted octanol–water partition coefficient (Wildman–Crippen LogP) is 2.31. The number of benzene rings is 1. The first-order valence-corrected chi connectivity index (χ1v) is 6.07. The first-order valence-electron chi connectivity index (χ1n) is 6.07. The van der Waals surface area contributed by atoms with Gasteiger partial charge in [-0.05, 0) is 50.9 Å². The first kappa shape index (κ1) is 14.0. The van der Waals surface area contributed by atoms with Gasteiger partial charge in [0.05, 0.1) is 7.11 Å². The quantitative estimate of drug-likeness (QED) is 0.824. The number of aryl methyl sites for hydroxylation is 2. The molecule has 1 aromatic rings. The molecular weight excluding hydrogens is 212 g/mol. The summed E-state index contributed by atoms with van der Waals surface area (Å²) in [7, 11) is 3.69. The standard InChI is InChI=1S/C14H24N2O/c1-9-6-12(7-10(2)14(9)17-5)13(16-4)8-11(3)15/h6-7,11,13,16H,8,15H2,1-5H3. The molecule has 2 atom stereocenters. The average Bonchev–Trinajstić information content (AvgIpc) is 2.25. The lowest BCUT2D eigenvalue weighted by molar-refractivity contribution is 0.407. The van der Waals surface area contributed by atoms with Gasteiger partial charge in [-0.25, -0.2) is 0 Å². The van der Waals surface area contributed by atoms with Crippen LogP contribution >= 0.6 is 0 Å². The van der Waals surface area contributed by atoms with Crippen LogP contribution in [0.1, 0.15) is 36.1 Å². The van der Waals surface area contributed by atoms with Crippen molar-refractivity contribution in [2.45, 2.75) is 39.3 Å². The van der Waals surface area contributed by atoms with E-state index >= 15 is 0 Å². The molecule has 0 radical (unpaired) electrons. The zero-order valence-electron chi connectivity index (χ0n) is 11.5. The van der Waals surface area contributed by atoms with Crippen LogP contribution in [0, 0.1) is 13.8 Å². The zero-order chi connectivity index (χ0) is 13.0. The van der Waals surface area contributed by atoms with E-state index < -0.39 is 0 Å². The fourth-order valence-corrected chi connectivity index (χ4v) is 2.30. The summed E-state index contributed by atoms with van der Waals surface area (Å²) in [6.45, 7) is 6.19.